The van der Waals surface area contributed by atoms with Gasteiger partial charge in [-0.15, -0.1) is 0 Å². The highest BCUT2D eigenvalue weighted by molar-refractivity contribution is 6.31. The summed E-state index contributed by atoms with van der Waals surface area (Å²) in [6, 6.07) is 16.0. The number of nitrogens with one attached hydrogen (secondary N) is 2. The Labute approximate surface area is 347 Å². The van der Waals surface area contributed by atoms with E-state index in [-0.39, 0.29) is 47.6 Å². The van der Waals surface area contributed by atoms with Crippen LogP contribution in [0.2, 0.25) is 5.02 Å². The monoisotopic (exact) mass is 823 g/mol. The standard InChI is InChI=1S/C44H47ClFN7O6/c1-43(2)41(44(3,4)42(43)59-29-8-5-26(24-47)32(45)23-29)49-37(55)25-6-10-34(33(46)21-25)52-19-17-51(18-20-52)27-13-15-50(16-14-27)28-7-9-30-31(22-28)40(58)53(39(30)57)35-11-12-36(54)48-38(35)56/h5-10,21-23,27,35,41-42H,11-20H2,1-4H3,(H,49,55)(H,48,54,56). The van der Waals surface area contributed by atoms with Crippen molar-refractivity contribution in [2.24, 2.45) is 10.8 Å². The summed E-state index contributed by atoms with van der Waals surface area (Å²) >= 11 is 6.23. The fraction of sp³-hybridized carbons (Fsp3) is 0.455. The number of nitrogens with zero attached hydrogens (tertiary/aromatic N) is 5. The van der Waals surface area contributed by atoms with E-state index in [1.165, 1.54) is 6.07 Å². The number of imide groups is 2. The number of piperazine rings is 1. The van der Waals surface area contributed by atoms with Crippen LogP contribution < -0.4 is 25.2 Å². The minimum absolute atomic E-state index is 0.0709. The normalized spacial score (nSPS) is 24.3. The molecule has 4 aliphatic heterocycles. The first-order valence-corrected chi connectivity index (χ1v) is 20.5. The Kier molecular flexibility index (Phi) is 10.4. The minimum Gasteiger partial charge on any atom is -0.489 e. The van der Waals surface area contributed by atoms with Crippen LogP contribution in [0, 0.1) is 28.0 Å². The molecule has 3 aromatic carbocycles. The maximum Gasteiger partial charge on any atom is 0.262 e. The lowest BCUT2D eigenvalue weighted by molar-refractivity contribution is -0.164. The van der Waals surface area contributed by atoms with Crippen LogP contribution in [0.25, 0.3) is 0 Å². The average molecular weight is 824 g/mol. The maximum atomic E-state index is 15.7. The van der Waals surface area contributed by atoms with Crippen LogP contribution in [0.5, 0.6) is 5.75 Å². The van der Waals surface area contributed by atoms with Crippen molar-refractivity contribution in [3.05, 3.63) is 87.7 Å². The van der Waals surface area contributed by atoms with Crippen molar-refractivity contribution in [1.29, 1.82) is 5.26 Å². The molecule has 15 heteroatoms. The number of rotatable bonds is 8. The second kappa shape index (κ2) is 15.3. The molecule has 3 saturated heterocycles. The zero-order valence-electron chi connectivity index (χ0n) is 33.5. The Bertz CT molecular complexity index is 2280. The van der Waals surface area contributed by atoms with Crippen LogP contribution in [0.1, 0.15) is 90.0 Å². The zero-order chi connectivity index (χ0) is 42.0. The molecule has 1 aliphatic carbocycles. The molecular weight excluding hydrogens is 777 g/mol. The van der Waals surface area contributed by atoms with Crippen LogP contribution in [0.3, 0.4) is 0 Å². The van der Waals surface area contributed by atoms with Crippen molar-refractivity contribution >= 4 is 52.5 Å². The number of halogens is 2. The quantitative estimate of drug-likeness (QED) is 0.292. The van der Waals surface area contributed by atoms with Gasteiger partial charge in [0.2, 0.25) is 11.8 Å². The van der Waals surface area contributed by atoms with Crippen molar-refractivity contribution in [2.45, 2.75) is 77.6 Å². The number of amides is 5. The molecular formula is C44H47ClFN7O6. The molecule has 4 fully saturated rings. The van der Waals surface area contributed by atoms with Crippen molar-refractivity contribution < 1.29 is 33.1 Å². The largest absolute Gasteiger partial charge is 0.489 e. The summed E-state index contributed by atoms with van der Waals surface area (Å²) in [4.78, 5) is 71.7. The molecule has 8 rings (SSSR count). The fourth-order valence-electron chi connectivity index (χ4n) is 10.2. The van der Waals surface area contributed by atoms with E-state index >= 15 is 4.39 Å². The fourth-order valence-corrected chi connectivity index (χ4v) is 10.4. The Morgan fingerprint density at radius 2 is 1.56 bits per heavy atom. The number of fused-ring (bicyclic) bond motifs is 1. The van der Waals surface area contributed by atoms with Crippen molar-refractivity contribution in [3.8, 4) is 11.8 Å². The smallest absolute Gasteiger partial charge is 0.262 e. The summed E-state index contributed by atoms with van der Waals surface area (Å²) < 4.78 is 22.0. The minimum atomic E-state index is -1.000. The number of benzene rings is 3. The van der Waals surface area contributed by atoms with Crippen LogP contribution in [-0.4, -0.2) is 103 Å². The highest BCUT2D eigenvalue weighted by Crippen LogP contribution is 2.55. The number of piperidine rings is 2. The third kappa shape index (κ3) is 7.18. The van der Waals surface area contributed by atoms with E-state index in [9.17, 15) is 29.2 Å². The van der Waals surface area contributed by atoms with Gasteiger partial charge >= 0.3 is 0 Å². The SMILES string of the molecule is CC1(C)C(NC(=O)c2ccc(N3CCN(C4CCN(c5ccc6c(c5)C(=O)N(C5CCC(=O)NC5=O)C6=O)CC4)CC3)c(F)c2)C(C)(C)C1Oc1ccc(C#N)c(Cl)c1. The summed E-state index contributed by atoms with van der Waals surface area (Å²) in [5.41, 5.74) is 1.55. The molecule has 1 saturated carbocycles. The molecule has 5 aliphatic rings. The number of ether oxygens (including phenoxy) is 1. The molecule has 0 radical (unpaired) electrons. The number of nitriles is 1. The van der Waals surface area contributed by atoms with Gasteiger partial charge in [0.25, 0.3) is 17.7 Å². The van der Waals surface area contributed by atoms with Gasteiger partial charge in [-0.05, 0) is 67.8 Å². The summed E-state index contributed by atoms with van der Waals surface area (Å²) in [6.45, 7) is 12.4. The predicted octanol–water partition coefficient (Wildman–Crippen LogP) is 5.15. The van der Waals surface area contributed by atoms with Gasteiger partial charge in [-0.1, -0.05) is 39.3 Å². The number of anilines is 2. The van der Waals surface area contributed by atoms with Gasteiger partial charge in [0, 0.05) is 85.9 Å². The number of carbonyl (C=O) groups is 5. The molecule has 0 aromatic heterocycles. The molecule has 5 amide bonds. The van der Waals surface area contributed by atoms with Crippen LogP contribution in [0.15, 0.2) is 54.6 Å². The van der Waals surface area contributed by atoms with E-state index < -0.39 is 46.3 Å². The first-order valence-electron chi connectivity index (χ1n) is 20.1. The summed E-state index contributed by atoms with van der Waals surface area (Å²) in [5, 5.41) is 14.9. The second-order valence-electron chi connectivity index (χ2n) is 17.4. The van der Waals surface area contributed by atoms with Gasteiger partial charge in [0.05, 0.1) is 27.4 Å². The molecule has 4 heterocycles. The van der Waals surface area contributed by atoms with Crippen LogP contribution in [0.4, 0.5) is 15.8 Å². The summed E-state index contributed by atoms with van der Waals surface area (Å²) in [7, 11) is 0. The third-order valence-corrected chi connectivity index (χ3v) is 13.4. The second-order valence-corrected chi connectivity index (χ2v) is 17.8. The number of hydrogen-bond donors (Lipinski definition) is 2. The zero-order valence-corrected chi connectivity index (χ0v) is 34.3. The Morgan fingerprint density at radius 1 is 0.864 bits per heavy atom. The summed E-state index contributed by atoms with van der Waals surface area (Å²) in [6.07, 6.45) is 1.72. The molecule has 3 aromatic rings. The van der Waals surface area contributed by atoms with Crippen LogP contribution in [-0.2, 0) is 9.59 Å². The number of carbonyl (C=O) groups excluding carboxylic acids is 5. The van der Waals surface area contributed by atoms with Gasteiger partial charge in [-0.25, -0.2) is 4.39 Å². The molecule has 308 valence electrons. The number of hydrogen-bond acceptors (Lipinski definition) is 10. The Morgan fingerprint density at radius 3 is 2.20 bits per heavy atom. The average Bonchev–Trinajstić information content (AvgIpc) is 3.46. The highest BCUT2D eigenvalue weighted by atomic mass is 35.5. The molecule has 59 heavy (non-hydrogen) atoms. The van der Waals surface area contributed by atoms with Gasteiger partial charge < -0.3 is 19.9 Å². The van der Waals surface area contributed by atoms with E-state index in [1.807, 2.05) is 44.7 Å². The first-order chi connectivity index (χ1) is 28.1. The highest BCUT2D eigenvalue weighted by Gasteiger charge is 2.64. The Balaban J connectivity index is 0.827. The van der Waals surface area contributed by atoms with E-state index in [2.05, 4.69) is 20.4 Å². The molecule has 0 spiro atoms. The Hall–Kier alpha value is -5.52. The van der Waals surface area contributed by atoms with E-state index in [1.54, 1.807) is 42.5 Å². The van der Waals surface area contributed by atoms with Gasteiger partial charge in [-0.2, -0.15) is 5.26 Å². The van der Waals surface area contributed by atoms with Gasteiger partial charge in [0.15, 0.2) is 0 Å². The third-order valence-electron chi connectivity index (χ3n) is 13.1. The van der Waals surface area contributed by atoms with Crippen molar-refractivity contribution in [3.63, 3.8) is 0 Å². The lowest BCUT2D eigenvalue weighted by Gasteiger charge is -2.63. The van der Waals surface area contributed by atoms with Crippen molar-refractivity contribution in [1.82, 2.24) is 20.4 Å². The molecule has 2 N–H and O–H groups in total. The lowest BCUT2D eigenvalue weighted by atomic mass is 9.49. The molecule has 13 nitrogen and oxygen atoms in total. The molecule has 1 unspecified atom stereocenters. The topological polar surface area (TPSA) is 155 Å². The van der Waals surface area contributed by atoms with Crippen LogP contribution >= 0.6 is 11.6 Å². The van der Waals surface area contributed by atoms with E-state index in [0.29, 0.717) is 41.2 Å². The lowest BCUT2D eigenvalue weighted by Crippen LogP contribution is -2.74. The van der Waals surface area contributed by atoms with E-state index in [4.69, 9.17) is 16.3 Å². The molecule has 1 atom stereocenters. The van der Waals surface area contributed by atoms with E-state index in [0.717, 1.165) is 49.6 Å². The molecule has 0 bridgehead atoms. The maximum absolute atomic E-state index is 15.7. The van der Waals surface area contributed by atoms with Gasteiger partial charge in [0.1, 0.15) is 29.8 Å². The van der Waals surface area contributed by atoms with Crippen molar-refractivity contribution in [2.75, 3.05) is 49.1 Å². The predicted molar refractivity (Wildman–Crippen MR) is 218 cm³/mol. The summed E-state index contributed by atoms with van der Waals surface area (Å²) in [5.74, 6) is -2.32. The van der Waals surface area contributed by atoms with Gasteiger partial charge in [-0.3, -0.25) is 39.1 Å². The first kappa shape index (κ1) is 40.3.